The summed E-state index contributed by atoms with van der Waals surface area (Å²) in [4.78, 5) is 0. The monoisotopic (exact) mass is 369 g/mol. The van der Waals surface area contributed by atoms with Crippen LogP contribution in [0.2, 0.25) is 0 Å². The van der Waals surface area contributed by atoms with Gasteiger partial charge in [-0.05, 0) is 29.5 Å². The van der Waals surface area contributed by atoms with Crippen molar-refractivity contribution in [1.29, 1.82) is 0 Å². The maximum Gasteiger partial charge on any atom is 0.0988 e. The van der Waals surface area contributed by atoms with Gasteiger partial charge in [0.15, 0.2) is 0 Å². The standard InChI is InChI=1S/C26H27NO/c28-26(21-15-8-3-9-16-21)22-17-10-18-23(26)25(20-13-6-2-7-14-20)27-24(22)19-11-4-1-5-12-19/h1-9,11-16,22-25,27-28H,10,17-18H2/t22-,23+,24+,25-,26?. The highest BCUT2D eigenvalue weighted by atomic mass is 16.3. The summed E-state index contributed by atoms with van der Waals surface area (Å²) in [5, 5.41) is 16.3. The first-order chi connectivity index (χ1) is 13.8. The molecule has 1 saturated carbocycles. The van der Waals surface area contributed by atoms with Crippen molar-refractivity contribution in [3.05, 3.63) is 108 Å². The predicted octanol–water partition coefficient (Wildman–Crippen LogP) is 5.38. The molecule has 2 N–H and O–H groups in total. The lowest BCUT2D eigenvalue weighted by Crippen LogP contribution is -2.59. The summed E-state index contributed by atoms with van der Waals surface area (Å²) in [6.45, 7) is 0. The molecule has 5 rings (SSSR count). The maximum absolute atomic E-state index is 12.3. The van der Waals surface area contributed by atoms with Gasteiger partial charge in [0.1, 0.15) is 0 Å². The SMILES string of the molecule is OC1(c2ccccc2)[C@@H]2CCC[C@H]1[C@@H](c1ccccc1)N[C@H]2c1ccccc1. The Morgan fingerprint density at radius 1 is 0.643 bits per heavy atom. The fourth-order valence-electron chi connectivity index (χ4n) is 5.65. The molecule has 0 radical (unpaired) electrons. The molecular formula is C26H27NO. The van der Waals surface area contributed by atoms with Crippen LogP contribution < -0.4 is 5.32 Å². The molecule has 2 aliphatic rings. The largest absolute Gasteiger partial charge is 0.384 e. The van der Waals surface area contributed by atoms with E-state index in [9.17, 15) is 5.11 Å². The van der Waals surface area contributed by atoms with Gasteiger partial charge in [0.2, 0.25) is 0 Å². The number of fused-ring (bicyclic) bond motifs is 2. The fraction of sp³-hybridized carbons (Fsp3) is 0.308. The second-order valence-corrected chi connectivity index (χ2v) is 8.28. The zero-order valence-corrected chi connectivity index (χ0v) is 16.0. The highest BCUT2D eigenvalue weighted by Gasteiger charge is 2.57. The summed E-state index contributed by atoms with van der Waals surface area (Å²) in [6.07, 6.45) is 3.24. The fourth-order valence-corrected chi connectivity index (χ4v) is 5.65. The molecule has 3 aromatic carbocycles. The van der Waals surface area contributed by atoms with Crippen molar-refractivity contribution in [2.75, 3.05) is 0 Å². The molecule has 2 fully saturated rings. The van der Waals surface area contributed by atoms with Crippen LogP contribution in [0.25, 0.3) is 0 Å². The van der Waals surface area contributed by atoms with Crippen molar-refractivity contribution in [2.24, 2.45) is 11.8 Å². The van der Waals surface area contributed by atoms with E-state index in [4.69, 9.17) is 0 Å². The highest BCUT2D eigenvalue weighted by molar-refractivity contribution is 5.34. The molecule has 2 bridgehead atoms. The molecule has 1 unspecified atom stereocenters. The van der Waals surface area contributed by atoms with E-state index < -0.39 is 5.60 Å². The zero-order valence-electron chi connectivity index (χ0n) is 16.0. The molecule has 2 nitrogen and oxygen atoms in total. The number of hydrogen-bond acceptors (Lipinski definition) is 2. The van der Waals surface area contributed by atoms with Crippen molar-refractivity contribution < 1.29 is 5.11 Å². The lowest BCUT2D eigenvalue weighted by atomic mass is 9.56. The average Bonchev–Trinajstić information content (AvgIpc) is 2.76. The number of rotatable bonds is 3. The summed E-state index contributed by atoms with van der Waals surface area (Å²) in [5.41, 5.74) is 2.77. The van der Waals surface area contributed by atoms with Crippen LogP contribution in [0.3, 0.4) is 0 Å². The Hall–Kier alpha value is -2.42. The molecule has 2 heteroatoms. The lowest BCUT2D eigenvalue weighted by molar-refractivity contribution is -0.153. The average molecular weight is 370 g/mol. The van der Waals surface area contributed by atoms with Crippen molar-refractivity contribution in [1.82, 2.24) is 5.32 Å². The topological polar surface area (TPSA) is 32.3 Å². The molecule has 0 amide bonds. The second-order valence-electron chi connectivity index (χ2n) is 8.28. The first kappa shape index (κ1) is 17.7. The molecule has 1 aliphatic heterocycles. The van der Waals surface area contributed by atoms with Gasteiger partial charge < -0.3 is 10.4 Å². The van der Waals surface area contributed by atoms with Crippen LogP contribution in [0.4, 0.5) is 0 Å². The normalized spacial score (nSPS) is 32.0. The molecule has 1 heterocycles. The van der Waals surface area contributed by atoms with Crippen LogP contribution >= 0.6 is 0 Å². The third kappa shape index (κ3) is 2.80. The Morgan fingerprint density at radius 2 is 1.07 bits per heavy atom. The van der Waals surface area contributed by atoms with E-state index in [0.717, 1.165) is 18.4 Å². The summed E-state index contributed by atoms with van der Waals surface area (Å²) in [7, 11) is 0. The number of piperidine rings is 1. The van der Waals surface area contributed by atoms with Crippen LogP contribution in [0.1, 0.15) is 48.0 Å². The van der Waals surface area contributed by atoms with Crippen molar-refractivity contribution in [3.8, 4) is 0 Å². The lowest BCUT2D eigenvalue weighted by Gasteiger charge is -2.57. The van der Waals surface area contributed by atoms with E-state index in [1.807, 2.05) is 6.07 Å². The van der Waals surface area contributed by atoms with Crippen LogP contribution in [-0.4, -0.2) is 5.11 Å². The van der Waals surface area contributed by atoms with Gasteiger partial charge in [0, 0.05) is 23.9 Å². The van der Waals surface area contributed by atoms with Crippen LogP contribution in [0.5, 0.6) is 0 Å². The molecule has 142 valence electrons. The number of aliphatic hydroxyl groups is 1. The van der Waals surface area contributed by atoms with E-state index in [1.54, 1.807) is 0 Å². The first-order valence-corrected chi connectivity index (χ1v) is 10.4. The minimum Gasteiger partial charge on any atom is -0.384 e. The van der Waals surface area contributed by atoms with Gasteiger partial charge in [0.25, 0.3) is 0 Å². The summed E-state index contributed by atoms with van der Waals surface area (Å²) < 4.78 is 0. The molecule has 5 atom stereocenters. The van der Waals surface area contributed by atoms with Crippen molar-refractivity contribution in [2.45, 2.75) is 36.9 Å². The number of nitrogens with one attached hydrogen (secondary N) is 1. The van der Waals surface area contributed by atoms with E-state index in [2.05, 4.69) is 90.2 Å². The number of hydrogen-bond donors (Lipinski definition) is 2. The molecule has 0 aromatic heterocycles. The third-order valence-corrected chi connectivity index (χ3v) is 6.88. The summed E-state index contributed by atoms with van der Waals surface area (Å²) >= 11 is 0. The molecule has 1 saturated heterocycles. The van der Waals surface area contributed by atoms with Gasteiger partial charge in [-0.25, -0.2) is 0 Å². The predicted molar refractivity (Wildman–Crippen MR) is 113 cm³/mol. The van der Waals surface area contributed by atoms with Crippen LogP contribution in [0.15, 0.2) is 91.0 Å². The molecule has 0 spiro atoms. The van der Waals surface area contributed by atoms with E-state index in [0.29, 0.717) is 0 Å². The van der Waals surface area contributed by atoms with Gasteiger partial charge in [-0.2, -0.15) is 0 Å². The van der Waals surface area contributed by atoms with Gasteiger partial charge >= 0.3 is 0 Å². The third-order valence-electron chi connectivity index (χ3n) is 6.88. The zero-order chi connectivity index (χ0) is 19.0. The minimum atomic E-state index is -0.828. The molecule has 28 heavy (non-hydrogen) atoms. The van der Waals surface area contributed by atoms with Crippen molar-refractivity contribution in [3.63, 3.8) is 0 Å². The van der Waals surface area contributed by atoms with Gasteiger partial charge in [-0.1, -0.05) is 97.4 Å². The van der Waals surface area contributed by atoms with Crippen LogP contribution in [-0.2, 0) is 5.60 Å². The van der Waals surface area contributed by atoms with Gasteiger partial charge in [-0.3, -0.25) is 0 Å². The Balaban J connectivity index is 1.67. The van der Waals surface area contributed by atoms with E-state index >= 15 is 0 Å². The Labute approximate surface area is 167 Å². The van der Waals surface area contributed by atoms with Gasteiger partial charge in [-0.15, -0.1) is 0 Å². The maximum atomic E-state index is 12.3. The van der Waals surface area contributed by atoms with Crippen LogP contribution in [0, 0.1) is 11.8 Å². The Morgan fingerprint density at radius 3 is 1.54 bits per heavy atom. The Kier molecular flexibility index (Phi) is 4.54. The molecule has 1 aliphatic carbocycles. The molecular weight excluding hydrogens is 342 g/mol. The Bertz CT molecular complexity index is 855. The number of benzene rings is 3. The summed E-state index contributed by atoms with van der Waals surface area (Å²) in [5.74, 6) is 0.326. The van der Waals surface area contributed by atoms with Gasteiger partial charge in [0.05, 0.1) is 5.60 Å². The minimum absolute atomic E-state index is 0.133. The highest BCUT2D eigenvalue weighted by Crippen LogP contribution is 2.58. The first-order valence-electron chi connectivity index (χ1n) is 10.4. The quantitative estimate of drug-likeness (QED) is 0.650. The van der Waals surface area contributed by atoms with Crippen molar-refractivity contribution >= 4 is 0 Å². The van der Waals surface area contributed by atoms with E-state index in [1.165, 1.54) is 17.5 Å². The summed E-state index contributed by atoms with van der Waals surface area (Å²) in [6, 6.07) is 31.9. The van der Waals surface area contributed by atoms with E-state index in [-0.39, 0.29) is 23.9 Å². The second kappa shape index (κ2) is 7.20. The smallest absolute Gasteiger partial charge is 0.0988 e. The molecule has 3 aromatic rings.